The number of nitro groups is 1. The summed E-state index contributed by atoms with van der Waals surface area (Å²) in [6, 6.07) is 14.2. The summed E-state index contributed by atoms with van der Waals surface area (Å²) in [5, 5.41) is 21.5. The molecule has 1 amide bonds. The molecule has 0 aliphatic heterocycles. The van der Waals surface area contributed by atoms with Crippen molar-refractivity contribution in [2.75, 3.05) is 11.9 Å². The second-order valence-corrected chi connectivity index (χ2v) is 6.74. The average molecular weight is 385 g/mol. The van der Waals surface area contributed by atoms with Gasteiger partial charge in [0.05, 0.1) is 16.2 Å². The molecule has 0 aliphatic carbocycles. The third-order valence-corrected chi connectivity index (χ3v) is 4.45. The molecule has 0 radical (unpaired) electrons. The van der Waals surface area contributed by atoms with Crippen molar-refractivity contribution < 1.29 is 19.2 Å². The van der Waals surface area contributed by atoms with Gasteiger partial charge in [0.15, 0.2) is 6.61 Å². The molecule has 2 aromatic rings. The Morgan fingerprint density at radius 1 is 1.26 bits per heavy atom. The SMILES string of the molecule is C[C@H](Sc1ccc([N+](=O)[O-])cc1)C(=O)OCC(=O)Nc1ccccc1C#N. The number of amides is 1. The maximum Gasteiger partial charge on any atom is 0.319 e. The number of nitrogens with one attached hydrogen (secondary N) is 1. The van der Waals surface area contributed by atoms with Crippen molar-refractivity contribution >= 4 is 35.0 Å². The number of nitro benzene ring substituents is 1. The van der Waals surface area contributed by atoms with Gasteiger partial charge in [-0.15, -0.1) is 11.8 Å². The van der Waals surface area contributed by atoms with Crippen molar-refractivity contribution in [3.63, 3.8) is 0 Å². The van der Waals surface area contributed by atoms with Gasteiger partial charge < -0.3 is 10.1 Å². The number of carbonyl (C=O) groups is 2. The van der Waals surface area contributed by atoms with E-state index in [9.17, 15) is 19.7 Å². The van der Waals surface area contributed by atoms with Crippen LogP contribution in [0.1, 0.15) is 12.5 Å². The van der Waals surface area contributed by atoms with Crippen LogP contribution in [0, 0.1) is 21.4 Å². The Morgan fingerprint density at radius 2 is 1.93 bits per heavy atom. The lowest BCUT2D eigenvalue weighted by molar-refractivity contribution is -0.384. The first-order valence-electron chi connectivity index (χ1n) is 7.77. The van der Waals surface area contributed by atoms with E-state index in [0.717, 1.165) is 11.8 Å². The van der Waals surface area contributed by atoms with E-state index >= 15 is 0 Å². The first kappa shape index (κ1) is 19.9. The smallest absolute Gasteiger partial charge is 0.319 e. The number of non-ortho nitro benzene ring substituents is 1. The summed E-state index contributed by atoms with van der Waals surface area (Å²) in [4.78, 5) is 34.7. The number of carbonyl (C=O) groups excluding carboxylic acids is 2. The van der Waals surface area contributed by atoms with E-state index in [-0.39, 0.29) is 5.69 Å². The van der Waals surface area contributed by atoms with Crippen LogP contribution in [0.15, 0.2) is 53.4 Å². The van der Waals surface area contributed by atoms with Gasteiger partial charge in [-0.1, -0.05) is 12.1 Å². The Kier molecular flexibility index (Phi) is 6.91. The van der Waals surface area contributed by atoms with Crippen molar-refractivity contribution in [1.29, 1.82) is 5.26 Å². The lowest BCUT2D eigenvalue weighted by Gasteiger charge is -2.11. The van der Waals surface area contributed by atoms with E-state index in [4.69, 9.17) is 10.00 Å². The second-order valence-electron chi connectivity index (χ2n) is 5.32. The summed E-state index contributed by atoms with van der Waals surface area (Å²) >= 11 is 1.16. The van der Waals surface area contributed by atoms with Crippen molar-refractivity contribution in [3.8, 4) is 6.07 Å². The number of anilines is 1. The van der Waals surface area contributed by atoms with Crippen LogP contribution in [0.25, 0.3) is 0 Å². The number of thioether (sulfide) groups is 1. The van der Waals surface area contributed by atoms with Crippen LogP contribution in [-0.2, 0) is 14.3 Å². The normalized spacial score (nSPS) is 11.1. The molecule has 0 saturated carbocycles. The maximum absolute atomic E-state index is 12.0. The highest BCUT2D eigenvalue weighted by molar-refractivity contribution is 8.00. The summed E-state index contributed by atoms with van der Waals surface area (Å²) in [6.45, 7) is 1.13. The Hall–Kier alpha value is -3.38. The van der Waals surface area contributed by atoms with Crippen LogP contribution in [0.5, 0.6) is 0 Å². The van der Waals surface area contributed by atoms with Gasteiger partial charge in [0.2, 0.25) is 0 Å². The van der Waals surface area contributed by atoms with Crippen LogP contribution < -0.4 is 5.32 Å². The molecule has 0 saturated heterocycles. The molecular weight excluding hydrogens is 370 g/mol. The van der Waals surface area contributed by atoms with E-state index < -0.39 is 28.7 Å². The number of hydrogen-bond acceptors (Lipinski definition) is 7. The Labute approximate surface area is 159 Å². The fraction of sp³-hybridized carbons (Fsp3) is 0.167. The third kappa shape index (κ3) is 5.83. The number of ether oxygens (including phenoxy) is 1. The minimum Gasteiger partial charge on any atom is -0.455 e. The van der Waals surface area contributed by atoms with Gasteiger partial charge in [-0.25, -0.2) is 0 Å². The van der Waals surface area contributed by atoms with Crippen molar-refractivity contribution in [2.45, 2.75) is 17.1 Å². The summed E-state index contributed by atoms with van der Waals surface area (Å²) in [7, 11) is 0. The van der Waals surface area contributed by atoms with Crippen molar-refractivity contribution in [1.82, 2.24) is 0 Å². The zero-order valence-corrected chi connectivity index (χ0v) is 15.1. The molecule has 27 heavy (non-hydrogen) atoms. The van der Waals surface area contributed by atoms with Gasteiger partial charge in [0.25, 0.3) is 11.6 Å². The van der Waals surface area contributed by atoms with Crippen molar-refractivity contribution in [2.24, 2.45) is 0 Å². The summed E-state index contributed by atoms with van der Waals surface area (Å²) in [5.74, 6) is -1.15. The van der Waals surface area contributed by atoms with E-state index in [0.29, 0.717) is 16.1 Å². The fourth-order valence-electron chi connectivity index (χ4n) is 2.03. The zero-order valence-electron chi connectivity index (χ0n) is 14.2. The van der Waals surface area contributed by atoms with E-state index in [1.165, 1.54) is 24.3 Å². The van der Waals surface area contributed by atoms with Crippen LogP contribution in [-0.4, -0.2) is 28.7 Å². The minimum atomic E-state index is -0.606. The molecule has 2 aromatic carbocycles. The standard InChI is InChI=1S/C18H15N3O5S/c1-12(27-15-8-6-14(7-9-15)21(24)25)18(23)26-11-17(22)20-16-5-3-2-4-13(16)10-19/h2-9,12H,11H2,1H3,(H,20,22)/t12-/m0/s1. The number of para-hydroxylation sites is 1. The zero-order chi connectivity index (χ0) is 19.8. The average Bonchev–Trinajstić information content (AvgIpc) is 2.66. The topological polar surface area (TPSA) is 122 Å². The van der Waals surface area contributed by atoms with Gasteiger partial charge >= 0.3 is 5.97 Å². The van der Waals surface area contributed by atoms with Gasteiger partial charge in [0.1, 0.15) is 11.3 Å². The number of hydrogen-bond donors (Lipinski definition) is 1. The molecule has 0 fully saturated rings. The predicted molar refractivity (Wildman–Crippen MR) is 99.2 cm³/mol. The van der Waals surface area contributed by atoms with Gasteiger partial charge in [-0.2, -0.15) is 5.26 Å². The number of rotatable bonds is 7. The van der Waals surface area contributed by atoms with E-state index in [2.05, 4.69) is 5.32 Å². The highest BCUT2D eigenvalue weighted by atomic mass is 32.2. The molecule has 0 bridgehead atoms. The predicted octanol–water partition coefficient (Wildman–Crippen LogP) is 3.13. The van der Waals surface area contributed by atoms with Gasteiger partial charge in [-0.05, 0) is 31.2 Å². The number of nitriles is 1. The van der Waals surface area contributed by atoms with E-state index in [1.807, 2.05) is 6.07 Å². The van der Waals surface area contributed by atoms with Crippen LogP contribution in [0.2, 0.25) is 0 Å². The second kappa shape index (κ2) is 9.35. The molecule has 0 aliphatic rings. The molecule has 1 atom stereocenters. The van der Waals surface area contributed by atoms with Crippen LogP contribution in [0.4, 0.5) is 11.4 Å². The summed E-state index contributed by atoms with van der Waals surface area (Å²) in [6.07, 6.45) is 0. The highest BCUT2D eigenvalue weighted by Gasteiger charge is 2.18. The maximum atomic E-state index is 12.0. The Morgan fingerprint density at radius 3 is 2.56 bits per heavy atom. The highest BCUT2D eigenvalue weighted by Crippen LogP contribution is 2.26. The largest absolute Gasteiger partial charge is 0.455 e. The third-order valence-electron chi connectivity index (χ3n) is 3.36. The molecule has 0 spiro atoms. The molecule has 138 valence electrons. The lowest BCUT2D eigenvalue weighted by Crippen LogP contribution is -2.25. The molecular formula is C18H15N3O5S. The first-order chi connectivity index (χ1) is 12.9. The Bertz CT molecular complexity index is 893. The van der Waals surface area contributed by atoms with Crippen molar-refractivity contribution in [3.05, 3.63) is 64.2 Å². The molecule has 1 N–H and O–H groups in total. The van der Waals surface area contributed by atoms with Crippen LogP contribution in [0.3, 0.4) is 0 Å². The fourth-order valence-corrected chi connectivity index (χ4v) is 2.89. The number of nitrogens with zero attached hydrogens (tertiary/aromatic N) is 2. The Balaban J connectivity index is 1.84. The molecule has 8 nitrogen and oxygen atoms in total. The number of benzene rings is 2. The monoisotopic (exact) mass is 385 g/mol. The molecule has 0 heterocycles. The summed E-state index contributed by atoms with van der Waals surface area (Å²) < 4.78 is 4.98. The first-order valence-corrected chi connectivity index (χ1v) is 8.65. The lowest BCUT2D eigenvalue weighted by atomic mass is 10.2. The summed E-state index contributed by atoms with van der Waals surface area (Å²) in [5.41, 5.74) is 0.609. The molecule has 0 unspecified atom stereocenters. The minimum absolute atomic E-state index is 0.0381. The quantitative estimate of drug-likeness (QED) is 0.336. The molecule has 2 rings (SSSR count). The van der Waals surface area contributed by atoms with E-state index in [1.54, 1.807) is 31.2 Å². The van der Waals surface area contributed by atoms with Gasteiger partial charge in [0, 0.05) is 17.0 Å². The van der Waals surface area contributed by atoms with Gasteiger partial charge in [-0.3, -0.25) is 19.7 Å². The molecule has 0 aromatic heterocycles. The number of esters is 1. The van der Waals surface area contributed by atoms with Crippen LogP contribution >= 0.6 is 11.8 Å². The molecule has 9 heteroatoms.